The van der Waals surface area contributed by atoms with Crippen molar-refractivity contribution < 1.29 is 14.3 Å². The largest absolute Gasteiger partial charge is 0.508 e. The van der Waals surface area contributed by atoms with Gasteiger partial charge in [0.1, 0.15) is 11.6 Å². The molecule has 0 saturated heterocycles. The van der Waals surface area contributed by atoms with E-state index in [2.05, 4.69) is 21.2 Å². The molecule has 2 rings (SSSR count). The van der Waals surface area contributed by atoms with Gasteiger partial charge >= 0.3 is 0 Å². The van der Waals surface area contributed by atoms with Crippen LogP contribution >= 0.6 is 15.9 Å². The zero-order valence-electron chi connectivity index (χ0n) is 11.0. The minimum absolute atomic E-state index is 0.0874. The van der Waals surface area contributed by atoms with Gasteiger partial charge in [0.25, 0.3) is 0 Å². The highest BCUT2D eigenvalue weighted by Gasteiger charge is 2.16. The van der Waals surface area contributed by atoms with Crippen molar-refractivity contribution in [3.8, 4) is 5.75 Å². The number of rotatable bonds is 4. The molecule has 0 bridgehead atoms. The van der Waals surface area contributed by atoms with Crippen LogP contribution in [0.4, 0.5) is 10.1 Å². The van der Waals surface area contributed by atoms with Crippen LogP contribution in [0.25, 0.3) is 0 Å². The third kappa shape index (κ3) is 4.27. The summed E-state index contributed by atoms with van der Waals surface area (Å²) in [6, 6.07) is 9.96. The monoisotopic (exact) mass is 352 g/mol. The molecule has 6 heteroatoms. The number of phenols is 1. The fourth-order valence-electron chi connectivity index (χ4n) is 1.79. The minimum atomic E-state index is -0.808. The molecule has 21 heavy (non-hydrogen) atoms. The summed E-state index contributed by atoms with van der Waals surface area (Å²) in [5.74, 6) is -0.854. The Balaban J connectivity index is 2.00. The maximum Gasteiger partial charge on any atom is 0.241 e. The normalized spacial score (nSPS) is 12.0. The van der Waals surface area contributed by atoms with Gasteiger partial charge in [-0.25, -0.2) is 4.39 Å². The van der Waals surface area contributed by atoms with Crippen molar-refractivity contribution in [3.05, 3.63) is 58.3 Å². The highest BCUT2D eigenvalue weighted by Crippen LogP contribution is 2.19. The van der Waals surface area contributed by atoms with E-state index in [1.54, 1.807) is 18.2 Å². The Bertz CT molecular complexity index is 647. The molecule has 1 amide bonds. The molecule has 1 atom stereocenters. The Kier molecular flexibility index (Phi) is 4.93. The average molecular weight is 353 g/mol. The van der Waals surface area contributed by atoms with E-state index < -0.39 is 17.8 Å². The number of hydrogen-bond acceptors (Lipinski definition) is 3. The molecule has 2 aromatic rings. The standard InChI is InChI=1S/C15H14BrFN2O2/c16-10-3-6-14(12(17)8-10)19-15(21)13(18)7-9-1-4-11(20)5-2-9/h1-6,8,13,20H,7,18H2,(H,19,21)/t13-/m1/s1. The maximum absolute atomic E-state index is 13.6. The number of amides is 1. The first-order chi connectivity index (χ1) is 9.95. The Labute approximate surface area is 129 Å². The maximum atomic E-state index is 13.6. The van der Waals surface area contributed by atoms with Crippen LogP contribution < -0.4 is 11.1 Å². The number of aromatic hydroxyl groups is 1. The number of anilines is 1. The number of halogens is 2. The highest BCUT2D eigenvalue weighted by atomic mass is 79.9. The molecule has 0 spiro atoms. The minimum Gasteiger partial charge on any atom is -0.508 e. The second-order valence-electron chi connectivity index (χ2n) is 4.59. The van der Waals surface area contributed by atoms with E-state index in [9.17, 15) is 14.3 Å². The van der Waals surface area contributed by atoms with E-state index in [1.165, 1.54) is 24.3 Å². The molecule has 0 aliphatic rings. The van der Waals surface area contributed by atoms with Crippen molar-refractivity contribution in [2.75, 3.05) is 5.32 Å². The van der Waals surface area contributed by atoms with Crippen LogP contribution in [0.1, 0.15) is 5.56 Å². The summed E-state index contributed by atoms with van der Waals surface area (Å²) in [6.07, 6.45) is 0.296. The topological polar surface area (TPSA) is 75.3 Å². The number of carbonyl (C=O) groups excluding carboxylic acids is 1. The Morgan fingerprint density at radius 3 is 2.57 bits per heavy atom. The molecule has 2 aromatic carbocycles. The van der Waals surface area contributed by atoms with Gasteiger partial charge in [-0.1, -0.05) is 28.1 Å². The molecule has 110 valence electrons. The zero-order chi connectivity index (χ0) is 15.4. The van der Waals surface area contributed by atoms with Crippen molar-refractivity contribution >= 4 is 27.5 Å². The molecule has 0 unspecified atom stereocenters. The van der Waals surface area contributed by atoms with E-state index >= 15 is 0 Å². The van der Waals surface area contributed by atoms with Crippen molar-refractivity contribution in [1.82, 2.24) is 0 Å². The highest BCUT2D eigenvalue weighted by molar-refractivity contribution is 9.10. The molecule has 0 heterocycles. The Morgan fingerprint density at radius 1 is 1.29 bits per heavy atom. The first-order valence-corrected chi connectivity index (χ1v) is 7.04. The Hall–Kier alpha value is -1.92. The lowest BCUT2D eigenvalue weighted by atomic mass is 10.1. The van der Waals surface area contributed by atoms with Crippen molar-refractivity contribution in [2.45, 2.75) is 12.5 Å². The van der Waals surface area contributed by atoms with E-state index in [0.717, 1.165) is 5.56 Å². The van der Waals surface area contributed by atoms with Gasteiger partial charge in [-0.2, -0.15) is 0 Å². The van der Waals surface area contributed by atoms with Gasteiger partial charge in [-0.3, -0.25) is 4.79 Å². The fraction of sp³-hybridized carbons (Fsp3) is 0.133. The van der Waals surface area contributed by atoms with Gasteiger partial charge in [0.05, 0.1) is 11.7 Å². The van der Waals surface area contributed by atoms with E-state index in [1.807, 2.05) is 0 Å². The first-order valence-electron chi connectivity index (χ1n) is 6.25. The number of nitrogens with one attached hydrogen (secondary N) is 1. The van der Waals surface area contributed by atoms with Gasteiger partial charge in [0.15, 0.2) is 0 Å². The number of carbonyl (C=O) groups is 1. The first kappa shape index (κ1) is 15.5. The van der Waals surface area contributed by atoms with Crippen LogP contribution in [-0.2, 0) is 11.2 Å². The summed E-state index contributed by atoms with van der Waals surface area (Å²) in [7, 11) is 0. The molecule has 0 fully saturated rings. The van der Waals surface area contributed by atoms with Crippen molar-refractivity contribution in [1.29, 1.82) is 0 Å². The summed E-state index contributed by atoms with van der Waals surface area (Å²) >= 11 is 3.14. The van der Waals surface area contributed by atoms with Crippen LogP contribution in [0.3, 0.4) is 0 Å². The lowest BCUT2D eigenvalue weighted by molar-refractivity contribution is -0.117. The number of hydrogen-bond donors (Lipinski definition) is 3. The van der Waals surface area contributed by atoms with E-state index in [4.69, 9.17) is 5.73 Å². The molecule has 0 aromatic heterocycles. The summed E-state index contributed by atoms with van der Waals surface area (Å²) in [5, 5.41) is 11.7. The molecule has 0 aliphatic carbocycles. The Morgan fingerprint density at radius 2 is 1.95 bits per heavy atom. The van der Waals surface area contributed by atoms with Crippen LogP contribution in [0.5, 0.6) is 5.75 Å². The molecule has 4 N–H and O–H groups in total. The average Bonchev–Trinajstić information content (AvgIpc) is 2.44. The summed E-state index contributed by atoms with van der Waals surface area (Å²) < 4.78 is 14.2. The van der Waals surface area contributed by atoms with E-state index in [-0.39, 0.29) is 11.4 Å². The third-order valence-electron chi connectivity index (χ3n) is 2.92. The van der Waals surface area contributed by atoms with Crippen LogP contribution in [0.2, 0.25) is 0 Å². The number of benzene rings is 2. The van der Waals surface area contributed by atoms with Gasteiger partial charge in [-0.15, -0.1) is 0 Å². The number of phenolic OH excluding ortho intramolecular Hbond substituents is 1. The lowest BCUT2D eigenvalue weighted by Crippen LogP contribution is -2.37. The SMILES string of the molecule is N[C@H](Cc1ccc(O)cc1)C(=O)Nc1ccc(Br)cc1F. The molecule has 0 saturated carbocycles. The van der Waals surface area contributed by atoms with E-state index in [0.29, 0.717) is 10.9 Å². The smallest absolute Gasteiger partial charge is 0.241 e. The molecule has 0 radical (unpaired) electrons. The van der Waals surface area contributed by atoms with Crippen LogP contribution in [0, 0.1) is 5.82 Å². The van der Waals surface area contributed by atoms with Crippen molar-refractivity contribution in [2.24, 2.45) is 5.73 Å². The molecule has 0 aliphatic heterocycles. The molecular weight excluding hydrogens is 339 g/mol. The second kappa shape index (κ2) is 6.69. The van der Waals surface area contributed by atoms with Gasteiger partial charge in [0.2, 0.25) is 5.91 Å². The summed E-state index contributed by atoms with van der Waals surface area (Å²) in [4.78, 5) is 12.0. The van der Waals surface area contributed by atoms with Crippen LogP contribution in [0.15, 0.2) is 46.9 Å². The fourth-order valence-corrected chi connectivity index (χ4v) is 2.13. The number of nitrogens with two attached hydrogens (primary N) is 1. The van der Waals surface area contributed by atoms with Crippen molar-refractivity contribution in [3.63, 3.8) is 0 Å². The van der Waals surface area contributed by atoms with Gasteiger partial charge < -0.3 is 16.2 Å². The predicted molar refractivity (Wildman–Crippen MR) is 82.5 cm³/mol. The lowest BCUT2D eigenvalue weighted by Gasteiger charge is -2.13. The molecule has 4 nitrogen and oxygen atoms in total. The summed E-state index contributed by atoms with van der Waals surface area (Å²) in [6.45, 7) is 0. The van der Waals surface area contributed by atoms with Crippen LogP contribution in [-0.4, -0.2) is 17.1 Å². The summed E-state index contributed by atoms with van der Waals surface area (Å²) in [5.41, 5.74) is 6.71. The molecular formula is C15H14BrFN2O2. The van der Waals surface area contributed by atoms with Gasteiger partial charge in [-0.05, 0) is 42.3 Å². The predicted octanol–water partition coefficient (Wildman–Crippen LogP) is 2.80. The quantitative estimate of drug-likeness (QED) is 0.791. The third-order valence-corrected chi connectivity index (χ3v) is 3.41. The van der Waals surface area contributed by atoms with Gasteiger partial charge in [0, 0.05) is 4.47 Å². The second-order valence-corrected chi connectivity index (χ2v) is 5.51. The zero-order valence-corrected chi connectivity index (χ0v) is 12.6.